The molecule has 4 heteroatoms. The summed E-state index contributed by atoms with van der Waals surface area (Å²) in [7, 11) is 2.18. The first-order valence-electron chi connectivity index (χ1n) is 5.53. The molecule has 15 heavy (non-hydrogen) atoms. The summed E-state index contributed by atoms with van der Waals surface area (Å²) < 4.78 is 0. The highest BCUT2D eigenvalue weighted by Gasteiger charge is 2.23. The summed E-state index contributed by atoms with van der Waals surface area (Å²) in [6.07, 6.45) is 2.15. The fourth-order valence-corrected chi connectivity index (χ4v) is 3.03. The van der Waals surface area contributed by atoms with E-state index in [1.54, 1.807) is 11.3 Å². The van der Waals surface area contributed by atoms with Crippen molar-refractivity contribution >= 4 is 11.3 Å². The second-order valence-electron chi connectivity index (χ2n) is 4.61. The molecule has 84 valence electrons. The van der Waals surface area contributed by atoms with Gasteiger partial charge >= 0.3 is 0 Å². The van der Waals surface area contributed by atoms with Crippen LogP contribution in [0.1, 0.15) is 30.0 Å². The Labute approximate surface area is 95.3 Å². The van der Waals surface area contributed by atoms with E-state index in [0.717, 1.165) is 13.0 Å². The zero-order chi connectivity index (χ0) is 10.8. The fraction of sp³-hybridized carbons (Fsp3) is 0.727. The van der Waals surface area contributed by atoms with E-state index < -0.39 is 0 Å². The number of hydrogen-bond donors (Lipinski definition) is 1. The van der Waals surface area contributed by atoms with Gasteiger partial charge in [0.1, 0.15) is 0 Å². The number of likely N-dealkylation sites (tertiary alicyclic amines) is 1. The Morgan fingerprint density at radius 2 is 2.53 bits per heavy atom. The molecule has 0 aromatic carbocycles. The fourth-order valence-electron chi connectivity index (χ4n) is 2.07. The van der Waals surface area contributed by atoms with Crippen LogP contribution < -0.4 is 5.73 Å². The molecule has 2 atom stereocenters. The summed E-state index contributed by atoms with van der Waals surface area (Å²) in [6.45, 7) is 4.39. The van der Waals surface area contributed by atoms with Crippen molar-refractivity contribution in [2.45, 2.75) is 31.7 Å². The zero-order valence-corrected chi connectivity index (χ0v) is 10.3. The number of rotatable bonds is 3. The summed E-state index contributed by atoms with van der Waals surface area (Å²) in [5, 5.41) is 3.46. The Hall–Kier alpha value is -0.450. The van der Waals surface area contributed by atoms with E-state index in [4.69, 9.17) is 5.73 Å². The SMILES string of the molecule is CC(N)Cc1csc(C2CCN(C)C2)n1. The van der Waals surface area contributed by atoms with Gasteiger partial charge in [0.25, 0.3) is 0 Å². The van der Waals surface area contributed by atoms with Crippen LogP contribution >= 0.6 is 11.3 Å². The van der Waals surface area contributed by atoms with E-state index in [9.17, 15) is 0 Å². The van der Waals surface area contributed by atoms with Gasteiger partial charge in [-0.3, -0.25) is 0 Å². The summed E-state index contributed by atoms with van der Waals surface area (Å²) in [4.78, 5) is 7.05. The highest BCUT2D eigenvalue weighted by Crippen LogP contribution is 2.28. The molecule has 1 aromatic heterocycles. The van der Waals surface area contributed by atoms with Gasteiger partial charge in [-0.1, -0.05) is 0 Å². The van der Waals surface area contributed by atoms with E-state index in [1.807, 2.05) is 6.92 Å². The average molecular weight is 225 g/mol. The summed E-state index contributed by atoms with van der Waals surface area (Å²) >= 11 is 1.80. The molecule has 2 rings (SSSR count). The Balaban J connectivity index is 2.00. The number of nitrogens with two attached hydrogens (primary N) is 1. The van der Waals surface area contributed by atoms with E-state index in [0.29, 0.717) is 5.92 Å². The second kappa shape index (κ2) is 4.60. The maximum absolute atomic E-state index is 5.77. The van der Waals surface area contributed by atoms with Crippen molar-refractivity contribution in [3.05, 3.63) is 16.1 Å². The predicted octanol–water partition coefficient (Wildman–Crippen LogP) is 1.45. The van der Waals surface area contributed by atoms with Gasteiger partial charge in [-0.05, 0) is 26.9 Å². The van der Waals surface area contributed by atoms with Gasteiger partial charge in [-0.15, -0.1) is 11.3 Å². The van der Waals surface area contributed by atoms with E-state index >= 15 is 0 Å². The van der Waals surface area contributed by atoms with Crippen LogP contribution in [0.25, 0.3) is 0 Å². The molecule has 2 N–H and O–H groups in total. The third-order valence-corrected chi connectivity index (χ3v) is 3.90. The van der Waals surface area contributed by atoms with Crippen molar-refractivity contribution in [3.63, 3.8) is 0 Å². The lowest BCUT2D eigenvalue weighted by atomic mass is 10.1. The van der Waals surface area contributed by atoms with Crippen molar-refractivity contribution in [1.82, 2.24) is 9.88 Å². The molecular formula is C11H19N3S. The monoisotopic (exact) mass is 225 g/mol. The molecule has 1 saturated heterocycles. The molecule has 2 unspecified atom stereocenters. The standard InChI is InChI=1S/C11H19N3S/c1-8(12)5-10-7-15-11(13-10)9-3-4-14(2)6-9/h7-9H,3-6,12H2,1-2H3. The van der Waals surface area contributed by atoms with Crippen LogP contribution in [0, 0.1) is 0 Å². The van der Waals surface area contributed by atoms with Gasteiger partial charge < -0.3 is 10.6 Å². The average Bonchev–Trinajstić information content (AvgIpc) is 2.72. The lowest BCUT2D eigenvalue weighted by Gasteiger charge is -2.06. The molecule has 1 aliphatic rings. The molecule has 0 saturated carbocycles. The van der Waals surface area contributed by atoms with Crippen molar-refractivity contribution in [2.24, 2.45) is 5.73 Å². The maximum Gasteiger partial charge on any atom is 0.0972 e. The van der Waals surface area contributed by atoms with Crippen LogP contribution in [0.5, 0.6) is 0 Å². The van der Waals surface area contributed by atoms with Gasteiger partial charge in [0.15, 0.2) is 0 Å². The van der Waals surface area contributed by atoms with Gasteiger partial charge in [-0.25, -0.2) is 4.98 Å². The van der Waals surface area contributed by atoms with E-state index in [2.05, 4.69) is 22.3 Å². The van der Waals surface area contributed by atoms with Crippen molar-refractivity contribution in [3.8, 4) is 0 Å². The lowest BCUT2D eigenvalue weighted by molar-refractivity contribution is 0.411. The number of hydrogen-bond acceptors (Lipinski definition) is 4. The third kappa shape index (κ3) is 2.77. The van der Waals surface area contributed by atoms with Crippen LogP contribution in [0.15, 0.2) is 5.38 Å². The van der Waals surface area contributed by atoms with E-state index in [-0.39, 0.29) is 6.04 Å². The van der Waals surface area contributed by atoms with Gasteiger partial charge in [0.05, 0.1) is 10.7 Å². The summed E-state index contributed by atoms with van der Waals surface area (Å²) in [5.41, 5.74) is 6.93. The first-order chi connectivity index (χ1) is 7.15. The Morgan fingerprint density at radius 3 is 3.13 bits per heavy atom. The minimum Gasteiger partial charge on any atom is -0.328 e. The first-order valence-corrected chi connectivity index (χ1v) is 6.41. The molecular weight excluding hydrogens is 206 g/mol. The van der Waals surface area contributed by atoms with Crippen LogP contribution in [0.2, 0.25) is 0 Å². The summed E-state index contributed by atoms with van der Waals surface area (Å²) in [5.74, 6) is 0.654. The largest absolute Gasteiger partial charge is 0.328 e. The zero-order valence-electron chi connectivity index (χ0n) is 9.44. The van der Waals surface area contributed by atoms with Crippen molar-refractivity contribution in [2.75, 3.05) is 20.1 Å². The Morgan fingerprint density at radius 1 is 1.73 bits per heavy atom. The third-order valence-electron chi connectivity index (χ3n) is 2.84. The quantitative estimate of drug-likeness (QED) is 0.846. The smallest absolute Gasteiger partial charge is 0.0972 e. The van der Waals surface area contributed by atoms with Gasteiger partial charge in [0, 0.05) is 30.3 Å². The van der Waals surface area contributed by atoms with Gasteiger partial charge in [-0.2, -0.15) is 0 Å². The lowest BCUT2D eigenvalue weighted by Crippen LogP contribution is -2.18. The van der Waals surface area contributed by atoms with Crippen molar-refractivity contribution < 1.29 is 0 Å². The Bertz CT molecular complexity index is 321. The second-order valence-corrected chi connectivity index (χ2v) is 5.50. The highest BCUT2D eigenvalue weighted by atomic mass is 32.1. The Kier molecular flexibility index (Phi) is 3.38. The topological polar surface area (TPSA) is 42.1 Å². The van der Waals surface area contributed by atoms with E-state index in [1.165, 1.54) is 23.7 Å². The molecule has 0 radical (unpaired) electrons. The van der Waals surface area contributed by atoms with Gasteiger partial charge in [0.2, 0.25) is 0 Å². The number of thiazole rings is 1. The molecule has 1 fully saturated rings. The molecule has 2 heterocycles. The minimum absolute atomic E-state index is 0.214. The number of nitrogens with zero attached hydrogens (tertiary/aromatic N) is 2. The van der Waals surface area contributed by atoms with Crippen LogP contribution in [0.4, 0.5) is 0 Å². The minimum atomic E-state index is 0.214. The molecule has 0 bridgehead atoms. The molecule has 1 aliphatic heterocycles. The molecule has 1 aromatic rings. The maximum atomic E-state index is 5.77. The molecule has 0 aliphatic carbocycles. The predicted molar refractivity (Wildman–Crippen MR) is 64.3 cm³/mol. The molecule has 0 amide bonds. The number of aromatic nitrogens is 1. The molecule has 0 spiro atoms. The summed E-state index contributed by atoms with van der Waals surface area (Å²) in [6, 6.07) is 0.214. The first kappa shape index (κ1) is 11.0. The van der Waals surface area contributed by atoms with Crippen LogP contribution in [-0.4, -0.2) is 36.1 Å². The van der Waals surface area contributed by atoms with Crippen LogP contribution in [0.3, 0.4) is 0 Å². The normalized spacial score (nSPS) is 24.6. The van der Waals surface area contributed by atoms with Crippen molar-refractivity contribution in [1.29, 1.82) is 0 Å². The number of likely N-dealkylation sites (N-methyl/N-ethyl adjacent to an activating group) is 1. The van der Waals surface area contributed by atoms with Crippen LogP contribution in [-0.2, 0) is 6.42 Å². The highest BCUT2D eigenvalue weighted by molar-refractivity contribution is 7.09. The molecule has 3 nitrogen and oxygen atoms in total.